The smallest absolute Gasteiger partial charge is 0.221 e. The van der Waals surface area contributed by atoms with Gasteiger partial charge in [0.2, 0.25) is 5.91 Å². The minimum Gasteiger partial charge on any atom is -0.326 e. The Balaban J connectivity index is 2.42. The highest BCUT2D eigenvalue weighted by molar-refractivity contribution is 7.12. The highest BCUT2D eigenvalue weighted by Crippen LogP contribution is 2.27. The number of hydrogen-bond donors (Lipinski definition) is 1. The fourth-order valence-corrected chi connectivity index (χ4v) is 1.73. The Labute approximate surface area is 90.2 Å². The molecule has 0 aliphatic carbocycles. The molecule has 2 aromatic rings. The van der Waals surface area contributed by atoms with Gasteiger partial charge in [0.15, 0.2) is 5.01 Å². The van der Waals surface area contributed by atoms with Gasteiger partial charge in [-0.15, -0.1) is 10.2 Å². The van der Waals surface area contributed by atoms with Crippen LogP contribution in [-0.4, -0.2) is 21.1 Å². The molecular formula is C9H8N4OS. The summed E-state index contributed by atoms with van der Waals surface area (Å²) in [5.74, 6) is -0.119. The number of amides is 1. The van der Waals surface area contributed by atoms with Crippen LogP contribution in [0.5, 0.6) is 0 Å². The molecule has 0 aliphatic rings. The zero-order chi connectivity index (χ0) is 10.7. The molecule has 0 fully saturated rings. The molecule has 2 aromatic heterocycles. The second kappa shape index (κ2) is 4.14. The number of carbonyl (C=O) groups is 1. The van der Waals surface area contributed by atoms with E-state index >= 15 is 0 Å². The summed E-state index contributed by atoms with van der Waals surface area (Å²) in [7, 11) is 0. The standard InChI is InChI=1S/C9H8N4OS/c1-6(14)12-8-2-3-10-4-7(8)9-13-11-5-15-9/h2-5H,1H3,(H,10,12,14). The molecule has 1 N–H and O–H groups in total. The molecule has 2 heterocycles. The van der Waals surface area contributed by atoms with Crippen molar-refractivity contribution in [1.82, 2.24) is 15.2 Å². The molecule has 0 atom stereocenters. The maximum Gasteiger partial charge on any atom is 0.221 e. The third-order valence-corrected chi connectivity index (χ3v) is 2.45. The second-order valence-corrected chi connectivity index (χ2v) is 3.68. The zero-order valence-electron chi connectivity index (χ0n) is 7.97. The van der Waals surface area contributed by atoms with Crippen molar-refractivity contribution >= 4 is 22.9 Å². The van der Waals surface area contributed by atoms with Gasteiger partial charge in [-0.1, -0.05) is 11.3 Å². The summed E-state index contributed by atoms with van der Waals surface area (Å²) in [5.41, 5.74) is 3.13. The zero-order valence-corrected chi connectivity index (χ0v) is 8.78. The Morgan fingerprint density at radius 1 is 1.53 bits per heavy atom. The average Bonchev–Trinajstić information content (AvgIpc) is 2.70. The summed E-state index contributed by atoms with van der Waals surface area (Å²) in [6.07, 6.45) is 3.28. The van der Waals surface area contributed by atoms with Gasteiger partial charge in [0, 0.05) is 19.3 Å². The molecule has 0 unspecified atom stereocenters. The maximum absolute atomic E-state index is 11.0. The summed E-state index contributed by atoms with van der Waals surface area (Å²) in [4.78, 5) is 15.0. The maximum atomic E-state index is 11.0. The van der Waals surface area contributed by atoms with E-state index in [1.165, 1.54) is 18.3 Å². The van der Waals surface area contributed by atoms with Crippen LogP contribution < -0.4 is 5.32 Å². The number of rotatable bonds is 2. The summed E-state index contributed by atoms with van der Waals surface area (Å²) >= 11 is 1.40. The molecular weight excluding hydrogens is 212 g/mol. The van der Waals surface area contributed by atoms with Crippen molar-refractivity contribution in [3.63, 3.8) is 0 Å². The van der Waals surface area contributed by atoms with Crippen molar-refractivity contribution in [3.8, 4) is 10.6 Å². The first kappa shape index (κ1) is 9.72. The SMILES string of the molecule is CC(=O)Nc1ccncc1-c1nncs1. The van der Waals surface area contributed by atoms with Crippen molar-refractivity contribution < 1.29 is 4.79 Å². The minimum atomic E-state index is -0.119. The van der Waals surface area contributed by atoms with Crippen LogP contribution in [0.4, 0.5) is 5.69 Å². The molecule has 0 radical (unpaired) electrons. The predicted molar refractivity (Wildman–Crippen MR) is 57.4 cm³/mol. The molecule has 0 spiro atoms. The summed E-state index contributed by atoms with van der Waals surface area (Å²) in [5, 5.41) is 11.1. The van der Waals surface area contributed by atoms with E-state index in [1.54, 1.807) is 24.0 Å². The van der Waals surface area contributed by atoms with E-state index in [9.17, 15) is 4.79 Å². The second-order valence-electron chi connectivity index (χ2n) is 2.85. The molecule has 6 heteroatoms. The van der Waals surface area contributed by atoms with Crippen LogP contribution in [-0.2, 0) is 4.79 Å². The highest BCUT2D eigenvalue weighted by Gasteiger charge is 2.08. The van der Waals surface area contributed by atoms with E-state index in [4.69, 9.17) is 0 Å². The lowest BCUT2D eigenvalue weighted by molar-refractivity contribution is -0.114. The Bertz CT molecular complexity index is 469. The predicted octanol–water partition coefficient (Wildman–Crippen LogP) is 1.56. The van der Waals surface area contributed by atoms with Crippen molar-refractivity contribution in [3.05, 3.63) is 24.0 Å². The Kier molecular flexibility index (Phi) is 2.68. The number of hydrogen-bond acceptors (Lipinski definition) is 5. The number of pyridine rings is 1. The quantitative estimate of drug-likeness (QED) is 0.833. The summed E-state index contributed by atoms with van der Waals surface area (Å²) < 4.78 is 0. The van der Waals surface area contributed by atoms with Crippen LogP contribution in [0.25, 0.3) is 10.6 Å². The largest absolute Gasteiger partial charge is 0.326 e. The van der Waals surface area contributed by atoms with Crippen LogP contribution >= 0.6 is 11.3 Å². The molecule has 0 saturated carbocycles. The van der Waals surface area contributed by atoms with Crippen LogP contribution in [0, 0.1) is 0 Å². The topological polar surface area (TPSA) is 67.8 Å². The minimum absolute atomic E-state index is 0.119. The van der Waals surface area contributed by atoms with Gasteiger partial charge >= 0.3 is 0 Å². The number of carbonyl (C=O) groups excluding carboxylic acids is 1. The van der Waals surface area contributed by atoms with Gasteiger partial charge in [0.1, 0.15) is 5.51 Å². The number of anilines is 1. The lowest BCUT2D eigenvalue weighted by Crippen LogP contribution is -2.07. The summed E-state index contributed by atoms with van der Waals surface area (Å²) in [6, 6.07) is 1.73. The molecule has 0 bridgehead atoms. The third kappa shape index (κ3) is 2.16. The average molecular weight is 220 g/mol. The number of nitrogens with zero attached hydrogens (tertiary/aromatic N) is 3. The normalized spacial score (nSPS) is 9.93. The fraction of sp³-hybridized carbons (Fsp3) is 0.111. The van der Waals surface area contributed by atoms with E-state index in [1.807, 2.05) is 0 Å². The van der Waals surface area contributed by atoms with Crippen LogP contribution in [0.2, 0.25) is 0 Å². The van der Waals surface area contributed by atoms with E-state index in [0.717, 1.165) is 10.6 Å². The molecule has 5 nitrogen and oxygen atoms in total. The van der Waals surface area contributed by atoms with Crippen molar-refractivity contribution in [2.75, 3.05) is 5.32 Å². The Morgan fingerprint density at radius 2 is 2.40 bits per heavy atom. The first-order valence-corrected chi connectivity index (χ1v) is 5.13. The van der Waals surface area contributed by atoms with E-state index in [2.05, 4.69) is 20.5 Å². The number of nitrogens with one attached hydrogen (secondary N) is 1. The lowest BCUT2D eigenvalue weighted by Gasteiger charge is -2.05. The summed E-state index contributed by atoms with van der Waals surface area (Å²) in [6.45, 7) is 1.46. The van der Waals surface area contributed by atoms with Crippen LogP contribution in [0.1, 0.15) is 6.92 Å². The lowest BCUT2D eigenvalue weighted by atomic mass is 10.2. The van der Waals surface area contributed by atoms with E-state index in [-0.39, 0.29) is 5.91 Å². The van der Waals surface area contributed by atoms with Crippen molar-refractivity contribution in [2.24, 2.45) is 0 Å². The van der Waals surface area contributed by atoms with Gasteiger partial charge in [0.05, 0.1) is 11.3 Å². The van der Waals surface area contributed by atoms with Crippen LogP contribution in [0.3, 0.4) is 0 Å². The van der Waals surface area contributed by atoms with E-state index in [0.29, 0.717) is 5.69 Å². The van der Waals surface area contributed by atoms with Crippen LogP contribution in [0.15, 0.2) is 24.0 Å². The molecule has 0 aromatic carbocycles. The van der Waals surface area contributed by atoms with E-state index < -0.39 is 0 Å². The first-order chi connectivity index (χ1) is 7.27. The Morgan fingerprint density at radius 3 is 3.07 bits per heavy atom. The van der Waals surface area contributed by atoms with Crippen molar-refractivity contribution in [2.45, 2.75) is 6.92 Å². The van der Waals surface area contributed by atoms with Gasteiger partial charge in [-0.3, -0.25) is 9.78 Å². The Hall–Kier alpha value is -1.82. The highest BCUT2D eigenvalue weighted by atomic mass is 32.1. The van der Waals surface area contributed by atoms with Gasteiger partial charge < -0.3 is 5.32 Å². The van der Waals surface area contributed by atoms with Gasteiger partial charge in [-0.25, -0.2) is 0 Å². The van der Waals surface area contributed by atoms with Gasteiger partial charge in [-0.2, -0.15) is 0 Å². The molecule has 76 valence electrons. The monoisotopic (exact) mass is 220 g/mol. The first-order valence-electron chi connectivity index (χ1n) is 4.25. The van der Waals surface area contributed by atoms with Crippen molar-refractivity contribution in [1.29, 1.82) is 0 Å². The molecule has 15 heavy (non-hydrogen) atoms. The van der Waals surface area contributed by atoms with Gasteiger partial charge in [0.25, 0.3) is 0 Å². The fourth-order valence-electron chi connectivity index (χ4n) is 1.15. The molecule has 2 rings (SSSR count). The molecule has 0 saturated heterocycles. The molecule has 1 amide bonds. The van der Waals surface area contributed by atoms with Gasteiger partial charge in [-0.05, 0) is 6.07 Å². The molecule has 0 aliphatic heterocycles. The number of aromatic nitrogens is 3. The third-order valence-electron chi connectivity index (χ3n) is 1.72.